The van der Waals surface area contributed by atoms with Gasteiger partial charge in [-0.15, -0.1) is 0 Å². The van der Waals surface area contributed by atoms with Crippen molar-refractivity contribution in [2.45, 2.75) is 44.4 Å². The molecular formula is C17H25NO3. The summed E-state index contributed by atoms with van der Waals surface area (Å²) in [6.45, 7) is 6.28. The largest absolute Gasteiger partial charge is 0.490 e. The maximum absolute atomic E-state index is 6.20. The molecule has 1 aromatic rings. The van der Waals surface area contributed by atoms with Crippen LogP contribution in [0.3, 0.4) is 0 Å². The zero-order valence-electron chi connectivity index (χ0n) is 12.8. The number of benzene rings is 1. The van der Waals surface area contributed by atoms with Crippen LogP contribution in [-0.4, -0.2) is 38.1 Å². The Bertz CT molecular complexity index is 457. The van der Waals surface area contributed by atoms with Crippen LogP contribution >= 0.6 is 0 Å². The van der Waals surface area contributed by atoms with Crippen molar-refractivity contribution in [3.05, 3.63) is 29.8 Å². The Labute approximate surface area is 126 Å². The van der Waals surface area contributed by atoms with Crippen LogP contribution < -0.4 is 10.1 Å². The molecule has 0 radical (unpaired) electrons. The molecule has 2 saturated heterocycles. The molecule has 4 nitrogen and oxygen atoms in total. The topological polar surface area (TPSA) is 39.7 Å². The van der Waals surface area contributed by atoms with Gasteiger partial charge in [-0.05, 0) is 24.2 Å². The van der Waals surface area contributed by atoms with Crippen LogP contribution in [0, 0.1) is 0 Å². The van der Waals surface area contributed by atoms with Crippen molar-refractivity contribution in [1.82, 2.24) is 5.32 Å². The van der Waals surface area contributed by atoms with E-state index in [1.807, 2.05) is 6.07 Å². The van der Waals surface area contributed by atoms with Gasteiger partial charge in [-0.2, -0.15) is 0 Å². The number of hydrogen-bond acceptors (Lipinski definition) is 4. The molecule has 2 atom stereocenters. The molecule has 0 amide bonds. The molecule has 4 heteroatoms. The second-order valence-corrected chi connectivity index (χ2v) is 5.99. The van der Waals surface area contributed by atoms with E-state index in [-0.39, 0.29) is 11.7 Å². The maximum Gasteiger partial charge on any atom is 0.120 e. The van der Waals surface area contributed by atoms with E-state index in [9.17, 15) is 0 Å². The zero-order chi connectivity index (χ0) is 14.5. The van der Waals surface area contributed by atoms with Crippen molar-refractivity contribution in [1.29, 1.82) is 0 Å². The Hall–Kier alpha value is -1.10. The summed E-state index contributed by atoms with van der Waals surface area (Å²) in [5.74, 6) is 0.964. The highest BCUT2D eigenvalue weighted by molar-refractivity contribution is 5.28. The molecule has 3 rings (SSSR count). The molecule has 21 heavy (non-hydrogen) atoms. The Kier molecular flexibility index (Phi) is 4.78. The van der Waals surface area contributed by atoms with Gasteiger partial charge in [0.05, 0.1) is 18.8 Å². The summed E-state index contributed by atoms with van der Waals surface area (Å²) in [5.41, 5.74) is 1.17. The molecule has 1 N–H and O–H groups in total. The Morgan fingerprint density at radius 1 is 1.38 bits per heavy atom. The molecule has 2 fully saturated rings. The lowest BCUT2D eigenvalue weighted by Gasteiger charge is -2.37. The first-order valence-corrected chi connectivity index (χ1v) is 7.98. The molecule has 1 spiro atoms. The highest BCUT2D eigenvalue weighted by Crippen LogP contribution is 2.34. The second kappa shape index (κ2) is 6.77. The zero-order valence-corrected chi connectivity index (χ0v) is 12.8. The molecule has 116 valence electrons. The molecule has 2 heterocycles. The number of nitrogens with one attached hydrogen (secondary N) is 1. The van der Waals surface area contributed by atoms with Crippen LogP contribution in [0.15, 0.2) is 24.3 Å². The van der Waals surface area contributed by atoms with E-state index in [1.54, 1.807) is 0 Å². The van der Waals surface area contributed by atoms with E-state index in [0.717, 1.165) is 51.3 Å². The van der Waals surface area contributed by atoms with E-state index in [0.29, 0.717) is 6.61 Å². The van der Waals surface area contributed by atoms with Crippen LogP contribution in [-0.2, 0) is 16.0 Å². The van der Waals surface area contributed by atoms with Gasteiger partial charge in [-0.3, -0.25) is 0 Å². The molecule has 2 aliphatic heterocycles. The van der Waals surface area contributed by atoms with Gasteiger partial charge in [-0.25, -0.2) is 0 Å². The van der Waals surface area contributed by atoms with E-state index in [4.69, 9.17) is 14.2 Å². The predicted molar refractivity (Wildman–Crippen MR) is 81.6 cm³/mol. The average Bonchev–Trinajstić information content (AvgIpc) is 2.93. The van der Waals surface area contributed by atoms with Crippen LogP contribution in [0.2, 0.25) is 0 Å². The van der Waals surface area contributed by atoms with Crippen molar-refractivity contribution >= 4 is 0 Å². The molecule has 0 saturated carbocycles. The van der Waals surface area contributed by atoms with Crippen molar-refractivity contribution < 1.29 is 14.2 Å². The summed E-state index contributed by atoms with van der Waals surface area (Å²) < 4.78 is 17.7. The summed E-state index contributed by atoms with van der Waals surface area (Å²) >= 11 is 0. The van der Waals surface area contributed by atoms with Crippen molar-refractivity contribution in [3.63, 3.8) is 0 Å². The molecular weight excluding hydrogens is 266 g/mol. The average molecular weight is 291 g/mol. The third-order valence-electron chi connectivity index (χ3n) is 4.30. The first kappa shape index (κ1) is 14.8. The number of rotatable bonds is 5. The fourth-order valence-corrected chi connectivity index (χ4v) is 3.14. The van der Waals surface area contributed by atoms with Crippen LogP contribution in [0.25, 0.3) is 0 Å². The van der Waals surface area contributed by atoms with Gasteiger partial charge in [-0.1, -0.05) is 19.1 Å². The molecule has 2 aliphatic rings. The first-order valence-electron chi connectivity index (χ1n) is 7.98. The predicted octanol–water partition coefficient (Wildman–Crippen LogP) is 2.51. The monoisotopic (exact) mass is 291 g/mol. The van der Waals surface area contributed by atoms with Gasteiger partial charge in [0.15, 0.2) is 0 Å². The molecule has 0 aromatic heterocycles. The SMILES string of the molecule is CCNCc1cccc(OC2CCOC3(CCOC3)C2)c1. The van der Waals surface area contributed by atoms with Gasteiger partial charge in [0.2, 0.25) is 0 Å². The molecule has 1 aromatic carbocycles. The van der Waals surface area contributed by atoms with Crippen LogP contribution in [0.1, 0.15) is 31.7 Å². The minimum Gasteiger partial charge on any atom is -0.490 e. The lowest BCUT2D eigenvalue weighted by molar-refractivity contribution is -0.112. The van der Waals surface area contributed by atoms with Gasteiger partial charge in [0.25, 0.3) is 0 Å². The molecule has 0 aliphatic carbocycles. The van der Waals surface area contributed by atoms with E-state index in [2.05, 4.69) is 30.4 Å². The molecule has 2 unspecified atom stereocenters. The normalized spacial score (nSPS) is 28.9. The Balaban J connectivity index is 1.60. The fourth-order valence-electron chi connectivity index (χ4n) is 3.14. The highest BCUT2D eigenvalue weighted by Gasteiger charge is 2.41. The van der Waals surface area contributed by atoms with Crippen molar-refractivity contribution in [2.24, 2.45) is 0 Å². The lowest BCUT2D eigenvalue weighted by atomic mass is 9.91. The minimum atomic E-state index is -0.0930. The summed E-state index contributed by atoms with van der Waals surface area (Å²) in [5, 5.41) is 3.34. The minimum absolute atomic E-state index is 0.0930. The first-order chi connectivity index (χ1) is 10.3. The van der Waals surface area contributed by atoms with Gasteiger partial charge >= 0.3 is 0 Å². The van der Waals surface area contributed by atoms with Crippen molar-refractivity contribution in [2.75, 3.05) is 26.4 Å². The molecule has 0 bridgehead atoms. The lowest BCUT2D eigenvalue weighted by Crippen LogP contribution is -2.44. The van der Waals surface area contributed by atoms with Gasteiger partial charge in [0.1, 0.15) is 11.9 Å². The van der Waals surface area contributed by atoms with Crippen LogP contribution in [0.5, 0.6) is 5.75 Å². The summed E-state index contributed by atoms with van der Waals surface area (Å²) in [6, 6.07) is 8.38. The summed E-state index contributed by atoms with van der Waals surface area (Å²) in [4.78, 5) is 0. The number of hydrogen-bond donors (Lipinski definition) is 1. The summed E-state index contributed by atoms with van der Waals surface area (Å²) in [7, 11) is 0. The quantitative estimate of drug-likeness (QED) is 0.905. The van der Waals surface area contributed by atoms with E-state index in [1.165, 1.54) is 5.56 Å². The third kappa shape index (κ3) is 3.76. The van der Waals surface area contributed by atoms with Gasteiger partial charge < -0.3 is 19.5 Å². The third-order valence-corrected chi connectivity index (χ3v) is 4.30. The van der Waals surface area contributed by atoms with Crippen LogP contribution in [0.4, 0.5) is 0 Å². The standard InChI is InChI=1S/C17H25NO3/c1-2-18-12-14-4-3-5-15(10-14)21-16-6-8-20-17(11-16)7-9-19-13-17/h3-5,10,16,18H,2,6-9,11-13H2,1H3. The summed E-state index contributed by atoms with van der Waals surface area (Å²) in [6.07, 6.45) is 3.12. The van der Waals surface area contributed by atoms with E-state index < -0.39 is 0 Å². The van der Waals surface area contributed by atoms with Gasteiger partial charge in [0, 0.05) is 32.4 Å². The second-order valence-electron chi connectivity index (χ2n) is 5.99. The highest BCUT2D eigenvalue weighted by atomic mass is 16.6. The van der Waals surface area contributed by atoms with Crippen molar-refractivity contribution in [3.8, 4) is 5.75 Å². The smallest absolute Gasteiger partial charge is 0.120 e. The van der Waals surface area contributed by atoms with E-state index >= 15 is 0 Å². The Morgan fingerprint density at radius 2 is 2.33 bits per heavy atom. The number of ether oxygens (including phenoxy) is 3. The Morgan fingerprint density at radius 3 is 3.14 bits per heavy atom. The fraction of sp³-hybridized carbons (Fsp3) is 0.647. The maximum atomic E-state index is 6.20.